The van der Waals surface area contributed by atoms with Gasteiger partial charge < -0.3 is 4.55 Å². The van der Waals surface area contributed by atoms with E-state index in [4.69, 9.17) is 6.42 Å². The standard InChI is InChI=1S/C6H10O2S/c1-3-4-5-6(2)9(7)8/h1,6H,4-5H2,2H3,(H,7,8)/p-1. The van der Waals surface area contributed by atoms with Gasteiger partial charge in [-0.2, -0.15) is 0 Å². The SMILES string of the molecule is C#CCCC(C)S(=O)[O-]. The first kappa shape index (κ1) is 8.67. The molecule has 0 rings (SSSR count). The van der Waals surface area contributed by atoms with Gasteiger partial charge in [-0.3, -0.25) is 4.21 Å². The predicted molar refractivity (Wildman–Crippen MR) is 36.4 cm³/mol. The minimum absolute atomic E-state index is 0.305. The lowest BCUT2D eigenvalue weighted by Gasteiger charge is -2.11. The highest BCUT2D eigenvalue weighted by Crippen LogP contribution is 2.00. The molecule has 0 bridgehead atoms. The molecule has 0 aromatic heterocycles. The molecule has 0 fully saturated rings. The average molecular weight is 145 g/mol. The summed E-state index contributed by atoms with van der Waals surface area (Å²) in [5.41, 5.74) is 0. The third-order valence-corrected chi connectivity index (χ3v) is 1.92. The van der Waals surface area contributed by atoms with Crippen LogP contribution in [-0.2, 0) is 11.1 Å². The van der Waals surface area contributed by atoms with Gasteiger partial charge in [0.2, 0.25) is 0 Å². The molecule has 2 nitrogen and oxygen atoms in total. The van der Waals surface area contributed by atoms with Crippen molar-refractivity contribution in [1.29, 1.82) is 0 Å². The van der Waals surface area contributed by atoms with E-state index in [0.717, 1.165) is 0 Å². The second-order valence-corrected chi connectivity index (χ2v) is 3.14. The van der Waals surface area contributed by atoms with Gasteiger partial charge >= 0.3 is 0 Å². The summed E-state index contributed by atoms with van der Waals surface area (Å²) < 4.78 is 20.3. The third-order valence-electron chi connectivity index (χ3n) is 1.02. The van der Waals surface area contributed by atoms with Crippen molar-refractivity contribution in [1.82, 2.24) is 0 Å². The summed E-state index contributed by atoms with van der Waals surface area (Å²) >= 11 is -1.96. The van der Waals surface area contributed by atoms with E-state index < -0.39 is 11.1 Å². The third kappa shape index (κ3) is 4.19. The second-order valence-electron chi connectivity index (χ2n) is 1.81. The molecule has 0 saturated heterocycles. The molecule has 0 saturated carbocycles. The van der Waals surface area contributed by atoms with Crippen molar-refractivity contribution in [3.63, 3.8) is 0 Å². The largest absolute Gasteiger partial charge is 0.772 e. The van der Waals surface area contributed by atoms with Crippen molar-refractivity contribution in [2.45, 2.75) is 25.0 Å². The zero-order valence-electron chi connectivity index (χ0n) is 5.29. The number of hydrogen-bond acceptors (Lipinski definition) is 2. The minimum Gasteiger partial charge on any atom is -0.772 e. The zero-order valence-corrected chi connectivity index (χ0v) is 6.11. The first-order chi connectivity index (χ1) is 4.18. The molecule has 0 radical (unpaired) electrons. The van der Waals surface area contributed by atoms with E-state index in [2.05, 4.69) is 5.92 Å². The Morgan fingerprint density at radius 2 is 2.44 bits per heavy atom. The molecule has 0 aromatic rings. The van der Waals surface area contributed by atoms with Crippen molar-refractivity contribution in [3.05, 3.63) is 0 Å². The van der Waals surface area contributed by atoms with E-state index in [0.29, 0.717) is 12.8 Å². The topological polar surface area (TPSA) is 40.1 Å². The molecule has 0 N–H and O–H groups in total. The molecule has 2 unspecified atom stereocenters. The van der Waals surface area contributed by atoms with Crippen molar-refractivity contribution in [2.24, 2.45) is 0 Å². The highest BCUT2D eigenvalue weighted by molar-refractivity contribution is 7.79. The molecular weight excluding hydrogens is 136 g/mol. The van der Waals surface area contributed by atoms with Crippen LogP contribution in [0.4, 0.5) is 0 Å². The van der Waals surface area contributed by atoms with Crippen LogP contribution in [0.1, 0.15) is 19.8 Å². The smallest absolute Gasteiger partial charge is 0.0196 e. The Morgan fingerprint density at radius 3 is 2.78 bits per heavy atom. The van der Waals surface area contributed by atoms with Crippen LogP contribution in [0.15, 0.2) is 0 Å². The Hall–Kier alpha value is -0.330. The fraction of sp³-hybridized carbons (Fsp3) is 0.667. The van der Waals surface area contributed by atoms with Gasteiger partial charge in [-0.15, -0.1) is 12.3 Å². The summed E-state index contributed by atoms with van der Waals surface area (Å²) in [5.74, 6) is 2.38. The number of hydrogen-bond donors (Lipinski definition) is 0. The van der Waals surface area contributed by atoms with Crippen LogP contribution in [0.3, 0.4) is 0 Å². The molecular formula is C6H9O2S-. The van der Waals surface area contributed by atoms with Gasteiger partial charge in [-0.05, 0) is 6.42 Å². The molecule has 0 aliphatic heterocycles. The maximum Gasteiger partial charge on any atom is 0.0196 e. The van der Waals surface area contributed by atoms with Gasteiger partial charge in [0, 0.05) is 11.7 Å². The van der Waals surface area contributed by atoms with Crippen LogP contribution < -0.4 is 0 Å². The van der Waals surface area contributed by atoms with Gasteiger partial charge in [0.05, 0.1) is 0 Å². The molecule has 52 valence electrons. The van der Waals surface area contributed by atoms with Crippen LogP contribution in [0, 0.1) is 12.3 Å². The molecule has 0 aliphatic carbocycles. The number of rotatable bonds is 3. The zero-order chi connectivity index (χ0) is 7.28. The van der Waals surface area contributed by atoms with Crippen LogP contribution >= 0.6 is 0 Å². The maximum atomic E-state index is 10.1. The summed E-state index contributed by atoms with van der Waals surface area (Å²) in [6.45, 7) is 1.64. The van der Waals surface area contributed by atoms with E-state index in [1.165, 1.54) is 0 Å². The monoisotopic (exact) mass is 145 g/mol. The van der Waals surface area contributed by atoms with E-state index in [1.54, 1.807) is 6.92 Å². The Morgan fingerprint density at radius 1 is 1.89 bits per heavy atom. The summed E-state index contributed by atoms with van der Waals surface area (Å²) in [6.07, 6.45) is 6.02. The normalized spacial score (nSPS) is 16.1. The highest BCUT2D eigenvalue weighted by atomic mass is 32.2. The lowest BCUT2D eigenvalue weighted by Crippen LogP contribution is -2.08. The predicted octanol–water partition coefficient (Wildman–Crippen LogP) is 0.667. The molecule has 0 aliphatic rings. The molecule has 3 heteroatoms. The summed E-state index contributed by atoms with van der Waals surface area (Å²) in [5, 5.41) is -0.305. The van der Waals surface area contributed by atoms with Crippen molar-refractivity contribution in [2.75, 3.05) is 0 Å². The van der Waals surface area contributed by atoms with E-state index in [1.807, 2.05) is 0 Å². The first-order valence-corrected chi connectivity index (χ1v) is 3.83. The highest BCUT2D eigenvalue weighted by Gasteiger charge is 1.98. The lowest BCUT2D eigenvalue weighted by atomic mass is 10.3. The molecule has 0 amide bonds. The summed E-state index contributed by atoms with van der Waals surface area (Å²) in [4.78, 5) is 0. The van der Waals surface area contributed by atoms with Crippen LogP contribution in [0.5, 0.6) is 0 Å². The average Bonchev–Trinajstić information content (AvgIpc) is 1.82. The molecule has 0 aromatic carbocycles. The Labute approximate surface area is 57.9 Å². The quantitative estimate of drug-likeness (QED) is 0.432. The summed E-state index contributed by atoms with van der Waals surface area (Å²) in [7, 11) is 0. The lowest BCUT2D eigenvalue weighted by molar-refractivity contribution is 0.521. The van der Waals surface area contributed by atoms with Crippen LogP contribution in [0.25, 0.3) is 0 Å². The van der Waals surface area contributed by atoms with E-state index in [9.17, 15) is 8.76 Å². The van der Waals surface area contributed by atoms with Gasteiger partial charge in [0.25, 0.3) is 0 Å². The van der Waals surface area contributed by atoms with Crippen molar-refractivity contribution >= 4 is 11.1 Å². The Bertz CT molecular complexity index is 136. The van der Waals surface area contributed by atoms with Gasteiger partial charge in [0.15, 0.2) is 0 Å². The first-order valence-electron chi connectivity index (χ1n) is 2.70. The molecule has 0 heterocycles. The Balaban J connectivity index is 3.41. The maximum absolute atomic E-state index is 10.1. The summed E-state index contributed by atoms with van der Waals surface area (Å²) in [6, 6.07) is 0. The van der Waals surface area contributed by atoms with Gasteiger partial charge in [-0.25, -0.2) is 0 Å². The van der Waals surface area contributed by atoms with Crippen LogP contribution in [0.2, 0.25) is 0 Å². The Kier molecular flexibility index (Phi) is 4.37. The van der Waals surface area contributed by atoms with E-state index >= 15 is 0 Å². The number of terminal acetylenes is 1. The fourth-order valence-corrected chi connectivity index (χ4v) is 0.693. The van der Waals surface area contributed by atoms with Gasteiger partial charge in [0.1, 0.15) is 0 Å². The minimum atomic E-state index is -1.96. The van der Waals surface area contributed by atoms with E-state index in [-0.39, 0.29) is 5.25 Å². The second kappa shape index (κ2) is 4.54. The molecule has 0 spiro atoms. The van der Waals surface area contributed by atoms with Crippen molar-refractivity contribution in [3.8, 4) is 12.3 Å². The molecule has 9 heavy (non-hydrogen) atoms. The van der Waals surface area contributed by atoms with Crippen molar-refractivity contribution < 1.29 is 8.76 Å². The van der Waals surface area contributed by atoms with Gasteiger partial charge in [-0.1, -0.05) is 18.0 Å². The fourth-order valence-electron chi connectivity index (χ4n) is 0.383. The molecule has 2 atom stereocenters. The van der Waals surface area contributed by atoms with Crippen LogP contribution in [-0.4, -0.2) is 14.0 Å².